The van der Waals surface area contributed by atoms with E-state index in [0.717, 1.165) is 16.5 Å². The monoisotopic (exact) mass is 544 g/mol. The lowest BCUT2D eigenvalue weighted by atomic mass is 9.98. The Hall–Kier alpha value is -3.93. The molecule has 0 radical (unpaired) electrons. The van der Waals surface area contributed by atoms with Crippen LogP contribution < -0.4 is 27.4 Å². The maximum absolute atomic E-state index is 13.5. The fraction of sp³-hybridized carbons (Fsp3) is 0.519. The van der Waals surface area contributed by atoms with Gasteiger partial charge in [0.2, 0.25) is 23.6 Å². The number of benzene rings is 1. The molecule has 0 aliphatic rings. The highest BCUT2D eigenvalue weighted by atomic mass is 16.4. The molecule has 5 unspecified atom stereocenters. The number of H-pyrrole nitrogens is 1. The number of para-hydroxylation sites is 1. The number of aromatic amines is 1. The van der Waals surface area contributed by atoms with Crippen LogP contribution in [0, 0.1) is 11.8 Å². The quantitative estimate of drug-likeness (QED) is 0.169. The summed E-state index contributed by atoms with van der Waals surface area (Å²) < 4.78 is 0. The van der Waals surface area contributed by atoms with Gasteiger partial charge in [0.1, 0.15) is 18.1 Å². The highest BCUT2D eigenvalue weighted by Gasteiger charge is 2.33. The largest absolute Gasteiger partial charge is 0.480 e. The average Bonchev–Trinajstić information content (AvgIpc) is 3.27. The number of aromatic nitrogens is 1. The molecule has 5 atom stereocenters. The Labute approximate surface area is 227 Å². The van der Waals surface area contributed by atoms with Gasteiger partial charge in [-0.2, -0.15) is 0 Å². The molecule has 1 heterocycles. The van der Waals surface area contributed by atoms with Gasteiger partial charge in [0.15, 0.2) is 0 Å². The van der Waals surface area contributed by atoms with Crippen molar-refractivity contribution in [3.63, 3.8) is 0 Å². The van der Waals surface area contributed by atoms with Crippen molar-refractivity contribution < 1.29 is 29.1 Å². The topological polar surface area (TPSA) is 209 Å². The van der Waals surface area contributed by atoms with Gasteiger partial charge < -0.3 is 37.5 Å². The maximum atomic E-state index is 13.5. The standard InChI is InChI=1S/C27H40N6O6/c1-5-15(4)23(27(38)39)33-26(37)21(12-22(29)34)32-25(36)20(31-24(35)18(28)10-14(2)3)11-16-13-30-19-9-7-6-8-17(16)19/h6-9,13-15,18,20-21,23,30H,5,10-12,28H2,1-4H3,(H2,29,34)(H,31,35)(H,32,36)(H,33,37)(H,38,39). The molecular formula is C27H40N6O6. The van der Waals surface area contributed by atoms with Crippen molar-refractivity contribution in [1.82, 2.24) is 20.9 Å². The minimum atomic E-state index is -1.45. The van der Waals surface area contributed by atoms with Crippen molar-refractivity contribution in [2.45, 2.75) is 77.5 Å². The number of rotatable bonds is 15. The Morgan fingerprint density at radius 2 is 1.56 bits per heavy atom. The summed E-state index contributed by atoms with van der Waals surface area (Å²) in [5, 5.41) is 17.9. The molecule has 0 bridgehead atoms. The molecule has 39 heavy (non-hydrogen) atoms. The average molecular weight is 545 g/mol. The van der Waals surface area contributed by atoms with Crippen LogP contribution in [0.3, 0.4) is 0 Å². The smallest absolute Gasteiger partial charge is 0.326 e. The Bertz CT molecular complexity index is 1180. The van der Waals surface area contributed by atoms with E-state index in [9.17, 15) is 29.1 Å². The third-order valence-corrected chi connectivity index (χ3v) is 6.61. The normalized spacial score (nSPS) is 15.1. The van der Waals surface area contributed by atoms with Crippen LogP contribution in [0.2, 0.25) is 0 Å². The van der Waals surface area contributed by atoms with Crippen molar-refractivity contribution in [2.75, 3.05) is 0 Å². The maximum Gasteiger partial charge on any atom is 0.326 e. The zero-order valence-electron chi connectivity index (χ0n) is 22.8. The van der Waals surface area contributed by atoms with E-state index < -0.39 is 66.1 Å². The van der Waals surface area contributed by atoms with Crippen LogP contribution in [0.15, 0.2) is 30.5 Å². The van der Waals surface area contributed by atoms with Crippen molar-refractivity contribution in [3.05, 3.63) is 36.0 Å². The van der Waals surface area contributed by atoms with Crippen molar-refractivity contribution in [3.8, 4) is 0 Å². The molecular weight excluding hydrogens is 504 g/mol. The van der Waals surface area contributed by atoms with E-state index in [4.69, 9.17) is 11.5 Å². The van der Waals surface area contributed by atoms with Crippen LogP contribution in [-0.2, 0) is 30.4 Å². The molecule has 0 aliphatic heterocycles. The highest BCUT2D eigenvalue weighted by Crippen LogP contribution is 2.19. The fourth-order valence-electron chi connectivity index (χ4n) is 4.24. The second kappa shape index (κ2) is 14.3. The van der Waals surface area contributed by atoms with Gasteiger partial charge in [0.25, 0.3) is 0 Å². The predicted octanol–water partition coefficient (Wildman–Crippen LogP) is 0.544. The molecule has 0 saturated carbocycles. The van der Waals surface area contributed by atoms with Crippen LogP contribution in [0.4, 0.5) is 0 Å². The highest BCUT2D eigenvalue weighted by molar-refractivity contribution is 5.96. The van der Waals surface area contributed by atoms with Crippen LogP contribution in [0.5, 0.6) is 0 Å². The first-order valence-electron chi connectivity index (χ1n) is 13.1. The first kappa shape index (κ1) is 31.3. The van der Waals surface area contributed by atoms with Crippen molar-refractivity contribution in [2.24, 2.45) is 23.3 Å². The predicted molar refractivity (Wildman–Crippen MR) is 146 cm³/mol. The zero-order valence-corrected chi connectivity index (χ0v) is 22.8. The molecule has 0 aliphatic carbocycles. The number of nitrogens with one attached hydrogen (secondary N) is 4. The van der Waals surface area contributed by atoms with Gasteiger partial charge >= 0.3 is 5.97 Å². The first-order chi connectivity index (χ1) is 18.3. The Morgan fingerprint density at radius 1 is 0.949 bits per heavy atom. The number of primary amides is 1. The summed E-state index contributed by atoms with van der Waals surface area (Å²) in [4.78, 5) is 65.9. The Morgan fingerprint density at radius 3 is 2.15 bits per heavy atom. The zero-order chi connectivity index (χ0) is 29.3. The number of carboxylic acids is 1. The summed E-state index contributed by atoms with van der Waals surface area (Å²) in [6, 6.07) is 2.74. The number of carbonyl (C=O) groups is 5. The molecule has 4 amide bonds. The second-order valence-electron chi connectivity index (χ2n) is 10.3. The number of hydrogen-bond donors (Lipinski definition) is 7. The fourth-order valence-corrected chi connectivity index (χ4v) is 4.24. The lowest BCUT2D eigenvalue weighted by Gasteiger charge is -2.26. The number of carboxylic acid groups (broad SMARTS) is 1. The van der Waals surface area contributed by atoms with Gasteiger partial charge in [-0.1, -0.05) is 52.3 Å². The minimum Gasteiger partial charge on any atom is -0.480 e. The molecule has 0 spiro atoms. The summed E-state index contributed by atoms with van der Waals surface area (Å²) in [6.45, 7) is 7.27. The molecule has 0 saturated heterocycles. The molecule has 214 valence electrons. The van der Waals surface area contributed by atoms with Crippen LogP contribution >= 0.6 is 0 Å². The van der Waals surface area contributed by atoms with E-state index in [1.54, 1.807) is 20.0 Å². The summed E-state index contributed by atoms with van der Waals surface area (Å²) in [7, 11) is 0. The minimum absolute atomic E-state index is 0.0610. The van der Waals surface area contributed by atoms with E-state index in [1.165, 1.54) is 0 Å². The van der Waals surface area contributed by atoms with E-state index in [0.29, 0.717) is 12.8 Å². The van der Waals surface area contributed by atoms with Crippen molar-refractivity contribution in [1.29, 1.82) is 0 Å². The Balaban J connectivity index is 2.32. The lowest BCUT2D eigenvalue weighted by molar-refractivity contribution is -0.144. The van der Waals surface area contributed by atoms with Gasteiger partial charge in [-0.05, 0) is 29.9 Å². The van der Waals surface area contributed by atoms with Gasteiger partial charge in [0, 0.05) is 23.5 Å². The van der Waals surface area contributed by atoms with Gasteiger partial charge in [-0.15, -0.1) is 0 Å². The number of amides is 4. The third-order valence-electron chi connectivity index (χ3n) is 6.61. The molecule has 12 nitrogen and oxygen atoms in total. The molecule has 1 aromatic heterocycles. The van der Waals surface area contributed by atoms with Gasteiger partial charge in [-0.25, -0.2) is 4.79 Å². The number of hydrogen-bond acceptors (Lipinski definition) is 6. The van der Waals surface area contributed by atoms with Crippen LogP contribution in [-0.4, -0.2) is 63.9 Å². The van der Waals surface area contributed by atoms with Gasteiger partial charge in [0.05, 0.1) is 12.5 Å². The third kappa shape index (κ3) is 9.10. The molecule has 2 rings (SSSR count). The summed E-state index contributed by atoms with van der Waals surface area (Å²) in [5.41, 5.74) is 12.9. The number of nitrogens with two attached hydrogens (primary N) is 2. The summed E-state index contributed by atoms with van der Waals surface area (Å²) in [6.07, 6.45) is 2.09. The van der Waals surface area contributed by atoms with Crippen LogP contribution in [0.1, 0.15) is 52.5 Å². The number of aliphatic carboxylic acids is 1. The SMILES string of the molecule is CCC(C)C(NC(=O)C(CC(N)=O)NC(=O)C(Cc1c[nH]c2ccccc12)NC(=O)C(N)CC(C)C)C(=O)O. The molecule has 12 heteroatoms. The van der Waals surface area contributed by atoms with Gasteiger partial charge in [-0.3, -0.25) is 19.2 Å². The summed E-state index contributed by atoms with van der Waals surface area (Å²) >= 11 is 0. The molecule has 2 aromatic rings. The second-order valence-corrected chi connectivity index (χ2v) is 10.3. The van der Waals surface area contributed by atoms with E-state index in [1.807, 2.05) is 38.1 Å². The van der Waals surface area contributed by atoms with E-state index >= 15 is 0 Å². The number of carbonyl (C=O) groups excluding carboxylic acids is 4. The first-order valence-corrected chi connectivity index (χ1v) is 13.1. The Kier molecular flexibility index (Phi) is 11.5. The summed E-state index contributed by atoms with van der Waals surface area (Å²) in [5.74, 6) is -4.55. The lowest BCUT2D eigenvalue weighted by Crippen LogP contribution is -2.58. The molecule has 0 fully saturated rings. The molecule has 9 N–H and O–H groups in total. The van der Waals surface area contributed by atoms with E-state index in [-0.39, 0.29) is 12.3 Å². The molecule has 1 aromatic carbocycles. The number of fused-ring (bicyclic) bond motifs is 1. The van der Waals surface area contributed by atoms with Crippen molar-refractivity contribution >= 4 is 40.5 Å². The van der Waals surface area contributed by atoms with Crippen LogP contribution in [0.25, 0.3) is 10.9 Å². The van der Waals surface area contributed by atoms with E-state index in [2.05, 4.69) is 20.9 Å².